The molecule has 15 heavy (non-hydrogen) atoms. The zero-order valence-corrected chi connectivity index (χ0v) is 8.19. The fraction of sp³-hybridized carbons (Fsp3) is 0.300. The monoisotopic (exact) mass is 212 g/mol. The summed E-state index contributed by atoms with van der Waals surface area (Å²) in [6.45, 7) is 3.97. The molecule has 0 aromatic heterocycles. The van der Waals surface area contributed by atoms with E-state index >= 15 is 0 Å². The Morgan fingerprint density at radius 1 is 1.47 bits per heavy atom. The van der Waals surface area contributed by atoms with Crippen LogP contribution in [0.5, 0.6) is 0 Å². The Kier molecular flexibility index (Phi) is 4.73. The molecule has 4 nitrogen and oxygen atoms in total. The van der Waals surface area contributed by atoms with Gasteiger partial charge < -0.3 is 15.2 Å². The molecule has 0 amide bonds. The van der Waals surface area contributed by atoms with Gasteiger partial charge in [-0.25, -0.2) is 4.39 Å². The van der Waals surface area contributed by atoms with E-state index < -0.39 is 6.41 Å². The summed E-state index contributed by atoms with van der Waals surface area (Å²) >= 11 is 0. The van der Waals surface area contributed by atoms with Crippen molar-refractivity contribution >= 4 is 12.4 Å². The lowest BCUT2D eigenvalue weighted by Gasteiger charge is -2.13. The third-order valence-corrected chi connectivity index (χ3v) is 1.66. The summed E-state index contributed by atoms with van der Waals surface area (Å²) in [7, 11) is 0. The molecule has 0 aliphatic heterocycles. The lowest BCUT2D eigenvalue weighted by atomic mass is 10.3. The summed E-state index contributed by atoms with van der Waals surface area (Å²) in [5.41, 5.74) is 0.579. The fourth-order valence-corrected chi connectivity index (χ4v) is 0.959. The van der Waals surface area contributed by atoms with Gasteiger partial charge in [-0.15, -0.1) is 0 Å². The van der Waals surface area contributed by atoms with Crippen LogP contribution in [0.1, 0.15) is 0 Å². The van der Waals surface area contributed by atoms with Crippen molar-refractivity contribution < 1.29 is 14.2 Å². The van der Waals surface area contributed by atoms with Crippen molar-refractivity contribution in [3.63, 3.8) is 0 Å². The van der Waals surface area contributed by atoms with Gasteiger partial charge in [0.05, 0.1) is 13.2 Å². The summed E-state index contributed by atoms with van der Waals surface area (Å²) in [4.78, 5) is 3.56. The summed E-state index contributed by atoms with van der Waals surface area (Å²) in [5.74, 6) is -0.327. The Morgan fingerprint density at radius 2 is 2.13 bits per heavy atom. The van der Waals surface area contributed by atoms with E-state index in [2.05, 4.69) is 17.0 Å². The van der Waals surface area contributed by atoms with Crippen LogP contribution in [-0.2, 0) is 4.74 Å². The Hall–Kier alpha value is -1.46. The van der Waals surface area contributed by atoms with Crippen LogP contribution in [0.3, 0.4) is 0 Å². The molecule has 0 spiro atoms. The van der Waals surface area contributed by atoms with E-state index in [0.29, 0.717) is 12.2 Å². The minimum atomic E-state index is -1.13. The molecule has 0 unspecified atom stereocenters. The summed E-state index contributed by atoms with van der Waals surface area (Å²) < 4.78 is 17.5. The standard InChI is InChI=1S/C10H13FN2O2/c1-12-6-7-15-10(14)13-9-4-2-8(11)3-5-9/h2-5,10,13-14H,1,6-7H2/t10-/m0/s1. The molecule has 0 bridgehead atoms. The minimum Gasteiger partial charge on any atom is -0.351 e. The maximum absolute atomic E-state index is 12.5. The van der Waals surface area contributed by atoms with Gasteiger partial charge >= 0.3 is 0 Å². The molecule has 0 fully saturated rings. The van der Waals surface area contributed by atoms with Crippen molar-refractivity contribution in [3.8, 4) is 0 Å². The van der Waals surface area contributed by atoms with Crippen molar-refractivity contribution in [2.45, 2.75) is 6.41 Å². The topological polar surface area (TPSA) is 53.9 Å². The molecule has 0 saturated carbocycles. The molecular formula is C10H13FN2O2. The smallest absolute Gasteiger partial charge is 0.235 e. The van der Waals surface area contributed by atoms with Crippen LogP contribution in [-0.4, -0.2) is 31.4 Å². The molecule has 0 aliphatic rings. The molecule has 0 heterocycles. The van der Waals surface area contributed by atoms with E-state index in [0.717, 1.165) is 0 Å². The molecule has 2 N–H and O–H groups in total. The molecule has 82 valence electrons. The lowest BCUT2D eigenvalue weighted by molar-refractivity contribution is -0.0748. The average Bonchev–Trinajstić information content (AvgIpc) is 2.22. The number of rotatable bonds is 6. The van der Waals surface area contributed by atoms with E-state index in [1.54, 1.807) is 0 Å². The number of anilines is 1. The Bertz CT molecular complexity index is 303. The molecule has 5 heteroatoms. The summed E-state index contributed by atoms with van der Waals surface area (Å²) in [6.07, 6.45) is -1.13. The molecular weight excluding hydrogens is 199 g/mol. The average molecular weight is 212 g/mol. The van der Waals surface area contributed by atoms with Gasteiger partial charge in [0.25, 0.3) is 0 Å². The number of hydrogen-bond donors (Lipinski definition) is 2. The molecule has 1 rings (SSSR count). The first-order valence-corrected chi connectivity index (χ1v) is 4.46. The maximum Gasteiger partial charge on any atom is 0.235 e. The van der Waals surface area contributed by atoms with Crippen molar-refractivity contribution in [2.24, 2.45) is 4.99 Å². The van der Waals surface area contributed by atoms with Gasteiger partial charge in [-0.3, -0.25) is 4.99 Å². The van der Waals surface area contributed by atoms with Gasteiger partial charge in [0.2, 0.25) is 6.41 Å². The quantitative estimate of drug-likeness (QED) is 0.423. The van der Waals surface area contributed by atoms with Crippen LogP contribution in [0.4, 0.5) is 10.1 Å². The highest BCUT2D eigenvalue weighted by atomic mass is 19.1. The molecule has 1 atom stereocenters. The zero-order chi connectivity index (χ0) is 11.1. The maximum atomic E-state index is 12.5. The molecule has 0 aliphatic carbocycles. The van der Waals surface area contributed by atoms with E-state index in [1.165, 1.54) is 24.3 Å². The SMILES string of the molecule is C=NCCO[C@H](O)Nc1ccc(F)cc1. The zero-order valence-electron chi connectivity index (χ0n) is 8.19. The lowest BCUT2D eigenvalue weighted by Crippen LogP contribution is -2.23. The van der Waals surface area contributed by atoms with Crippen LogP contribution in [0, 0.1) is 5.82 Å². The first kappa shape index (κ1) is 11.6. The minimum absolute atomic E-state index is 0.277. The van der Waals surface area contributed by atoms with Gasteiger partial charge in [0.1, 0.15) is 5.82 Å². The van der Waals surface area contributed by atoms with Gasteiger partial charge in [-0.05, 0) is 31.0 Å². The largest absolute Gasteiger partial charge is 0.351 e. The van der Waals surface area contributed by atoms with Gasteiger partial charge in [0.15, 0.2) is 0 Å². The van der Waals surface area contributed by atoms with Crippen molar-refractivity contribution in [1.29, 1.82) is 0 Å². The second-order valence-corrected chi connectivity index (χ2v) is 2.82. The number of aliphatic hydroxyl groups excluding tert-OH is 1. The van der Waals surface area contributed by atoms with E-state index in [-0.39, 0.29) is 12.4 Å². The predicted molar refractivity (Wildman–Crippen MR) is 56.4 cm³/mol. The number of ether oxygens (including phenoxy) is 1. The van der Waals surface area contributed by atoms with Crippen LogP contribution in [0.15, 0.2) is 29.3 Å². The second-order valence-electron chi connectivity index (χ2n) is 2.82. The number of benzene rings is 1. The Balaban J connectivity index is 2.34. The Labute approximate surface area is 87.4 Å². The molecule has 0 saturated heterocycles. The highest BCUT2D eigenvalue weighted by Crippen LogP contribution is 2.09. The number of halogens is 1. The van der Waals surface area contributed by atoms with Gasteiger partial charge in [0, 0.05) is 5.69 Å². The van der Waals surface area contributed by atoms with Crippen LogP contribution >= 0.6 is 0 Å². The van der Waals surface area contributed by atoms with Crippen molar-refractivity contribution in [2.75, 3.05) is 18.5 Å². The molecule has 1 aromatic carbocycles. The molecule has 1 aromatic rings. The van der Waals surface area contributed by atoms with Crippen LogP contribution in [0.25, 0.3) is 0 Å². The van der Waals surface area contributed by atoms with Crippen molar-refractivity contribution in [3.05, 3.63) is 30.1 Å². The third-order valence-electron chi connectivity index (χ3n) is 1.66. The van der Waals surface area contributed by atoms with Crippen molar-refractivity contribution in [1.82, 2.24) is 0 Å². The fourth-order valence-electron chi connectivity index (χ4n) is 0.959. The van der Waals surface area contributed by atoms with Gasteiger partial charge in [-0.2, -0.15) is 0 Å². The highest BCUT2D eigenvalue weighted by Gasteiger charge is 2.02. The van der Waals surface area contributed by atoms with E-state index in [9.17, 15) is 9.50 Å². The van der Waals surface area contributed by atoms with Crippen LogP contribution in [0.2, 0.25) is 0 Å². The second kappa shape index (κ2) is 6.10. The number of aliphatic hydroxyl groups is 1. The predicted octanol–water partition coefficient (Wildman–Crippen LogP) is 1.23. The number of nitrogens with one attached hydrogen (secondary N) is 1. The summed E-state index contributed by atoms with van der Waals surface area (Å²) in [6, 6.07) is 5.60. The molecule has 0 radical (unpaired) electrons. The van der Waals surface area contributed by atoms with E-state index in [1.807, 2.05) is 0 Å². The number of aliphatic imine (C=N–C) groups is 1. The third kappa shape index (κ3) is 4.53. The first-order valence-electron chi connectivity index (χ1n) is 4.46. The van der Waals surface area contributed by atoms with Gasteiger partial charge in [-0.1, -0.05) is 0 Å². The first-order chi connectivity index (χ1) is 7.22. The normalized spacial score (nSPS) is 12.1. The number of hydrogen-bond acceptors (Lipinski definition) is 4. The number of nitrogens with zero attached hydrogens (tertiary/aromatic N) is 1. The summed E-state index contributed by atoms with van der Waals surface area (Å²) in [5, 5.41) is 11.9. The van der Waals surface area contributed by atoms with E-state index in [4.69, 9.17) is 4.74 Å². The highest BCUT2D eigenvalue weighted by molar-refractivity contribution is 5.42. The van der Waals surface area contributed by atoms with Crippen LogP contribution < -0.4 is 5.32 Å². The Morgan fingerprint density at radius 3 is 2.73 bits per heavy atom.